The average Bonchev–Trinajstić information content (AvgIpc) is 0.797. The highest BCUT2D eigenvalue weighted by molar-refractivity contribution is 5.93. The Labute approximate surface area is 810 Å². The predicted octanol–water partition coefficient (Wildman–Crippen LogP) is 37.5. The summed E-state index contributed by atoms with van der Waals surface area (Å²) >= 11 is 0. The van der Waals surface area contributed by atoms with Gasteiger partial charge in [-0.05, 0) is 463 Å². The van der Waals surface area contributed by atoms with Crippen LogP contribution in [0.3, 0.4) is 0 Å². The number of benzene rings is 17. The summed E-state index contributed by atoms with van der Waals surface area (Å²) in [5.74, 6) is 0. The molecule has 0 bridgehead atoms. The first kappa shape index (κ1) is 93.0. The SMILES string of the molecule is Cc1ccc(N(c2ccc(N(c3ccc(N(c4ccc(N(c5c(C)cc(C)cc5C)c5c(C)cc(C)cc5C)cc4)c4ccc(N(c5c(C)cc(C)cc5C)c5c(C)cc(C)cc5C)cc4)cc3)c3ccc(N(c4ccc(C)cc4)c4c(C)cc(C)cc4C)cc3)cc2)c2ccc(N(c3ccc(N(c4c(C)cc(C)cc4C)c4c(C)cc(C)cc4C)cc3)c3c(C)cc(C)cc3C)cc2)cc1. The molecule has 0 amide bonds. The van der Waals surface area contributed by atoms with Gasteiger partial charge in [-0.25, -0.2) is 0 Å². The second-order valence-electron chi connectivity index (χ2n) is 38.9. The van der Waals surface area contributed by atoms with Crippen molar-refractivity contribution in [3.05, 3.63) is 460 Å². The van der Waals surface area contributed by atoms with Crippen LogP contribution in [-0.2, 0) is 0 Å². The topological polar surface area (TPSA) is 25.9 Å². The van der Waals surface area contributed by atoms with Crippen LogP contribution in [0.4, 0.5) is 136 Å². The Morgan fingerprint density at radius 1 is 0.0882 bits per heavy atom. The first-order valence-corrected chi connectivity index (χ1v) is 48.0. The van der Waals surface area contributed by atoms with E-state index >= 15 is 0 Å². The van der Waals surface area contributed by atoms with Crippen LogP contribution in [0.15, 0.2) is 315 Å². The molecule has 0 aliphatic heterocycles. The minimum absolute atomic E-state index is 0.997. The largest absolute Gasteiger partial charge is 0.311 e. The third kappa shape index (κ3) is 18.6. The van der Waals surface area contributed by atoms with Gasteiger partial charge in [0.15, 0.2) is 0 Å². The number of rotatable bonds is 24. The zero-order valence-corrected chi connectivity index (χ0v) is 84.6. The number of hydrogen-bond acceptors (Lipinski definition) is 8. The van der Waals surface area contributed by atoms with Crippen molar-refractivity contribution in [2.24, 2.45) is 0 Å². The van der Waals surface area contributed by atoms with Crippen LogP contribution in [-0.4, -0.2) is 0 Å². The molecule has 0 aliphatic rings. The van der Waals surface area contributed by atoms with Gasteiger partial charge in [0.25, 0.3) is 0 Å². The van der Waals surface area contributed by atoms with Crippen molar-refractivity contribution < 1.29 is 0 Å². The third-order valence-corrected chi connectivity index (χ3v) is 27.0. The maximum Gasteiger partial charge on any atom is 0.0520 e. The van der Waals surface area contributed by atoms with Crippen LogP contribution in [0, 0.1) is 180 Å². The number of anilines is 24. The van der Waals surface area contributed by atoms with E-state index in [4.69, 9.17) is 0 Å². The lowest BCUT2D eigenvalue weighted by Gasteiger charge is -2.33. The molecular formula is C128H130N8. The van der Waals surface area contributed by atoms with Gasteiger partial charge in [-0.3, -0.25) is 0 Å². The second kappa shape index (κ2) is 38.3. The molecule has 17 aromatic rings. The summed E-state index contributed by atoms with van der Waals surface area (Å²) in [6.07, 6.45) is 0. The molecule has 0 N–H and O–H groups in total. The summed E-state index contributed by atoms with van der Waals surface area (Å²) < 4.78 is 0. The van der Waals surface area contributed by atoms with E-state index in [0.717, 1.165) is 96.7 Å². The molecule has 8 heteroatoms. The highest BCUT2D eigenvalue weighted by atomic mass is 15.2. The molecule has 17 aromatic carbocycles. The normalized spacial score (nSPS) is 11.3. The molecule has 0 fully saturated rings. The van der Waals surface area contributed by atoms with Crippen LogP contribution in [0.25, 0.3) is 0 Å². The average molecular weight is 1780 g/mol. The van der Waals surface area contributed by atoms with E-state index in [9.17, 15) is 0 Å². The zero-order valence-electron chi connectivity index (χ0n) is 84.6. The van der Waals surface area contributed by atoms with Gasteiger partial charge in [0, 0.05) is 91.0 Å². The molecule has 0 aliphatic carbocycles. The number of nitrogens with zero attached hydrogens (tertiary/aromatic N) is 8. The van der Waals surface area contributed by atoms with Crippen LogP contribution in [0.2, 0.25) is 0 Å². The molecule has 0 unspecified atom stereocenters. The molecule has 682 valence electrons. The molecule has 0 saturated heterocycles. The van der Waals surface area contributed by atoms with E-state index < -0.39 is 0 Å². The number of aryl methyl sites for hydroxylation is 26. The Balaban J connectivity index is 0.797. The Bertz CT molecular complexity index is 6830. The molecular weight excluding hydrogens is 1650 g/mol. The van der Waals surface area contributed by atoms with Crippen molar-refractivity contribution in [3.63, 3.8) is 0 Å². The Hall–Kier alpha value is -14.9. The van der Waals surface area contributed by atoms with E-state index in [-0.39, 0.29) is 0 Å². The predicted molar refractivity (Wildman–Crippen MR) is 587 cm³/mol. The maximum atomic E-state index is 2.50. The fourth-order valence-corrected chi connectivity index (χ4v) is 22.1. The summed E-state index contributed by atoms with van der Waals surface area (Å²) in [5, 5.41) is 0. The Morgan fingerprint density at radius 3 is 0.279 bits per heavy atom. The summed E-state index contributed by atoms with van der Waals surface area (Å²) in [4.78, 5) is 19.6. The van der Waals surface area contributed by atoms with Crippen LogP contribution in [0.5, 0.6) is 0 Å². The highest BCUT2D eigenvalue weighted by Crippen LogP contribution is 2.53. The molecule has 136 heavy (non-hydrogen) atoms. The van der Waals surface area contributed by atoms with Crippen molar-refractivity contribution in [1.29, 1.82) is 0 Å². The van der Waals surface area contributed by atoms with Gasteiger partial charge in [-0.2, -0.15) is 0 Å². The lowest BCUT2D eigenvalue weighted by atomic mass is 9.98. The van der Waals surface area contributed by atoms with Gasteiger partial charge < -0.3 is 39.2 Å². The van der Waals surface area contributed by atoms with Gasteiger partial charge in [-0.1, -0.05) is 177 Å². The summed E-state index contributed by atoms with van der Waals surface area (Å²) in [5.41, 5.74) is 58.3. The maximum absolute atomic E-state index is 2.50. The molecule has 0 aromatic heterocycles. The first-order chi connectivity index (χ1) is 65.1. The molecule has 8 nitrogen and oxygen atoms in total. The highest BCUT2D eigenvalue weighted by Gasteiger charge is 2.30. The summed E-state index contributed by atoms with van der Waals surface area (Å²) in [6, 6.07) is 119. The molecule has 17 rings (SSSR count). The standard InChI is InChI=1S/C128H130N8/c1-79-27-31-105(32-28-79)129(110-43-53-116(54-44-110)133(122-91(13)65-82(4)66-92(122)14)117-55-61-120(62-56-117)136(127-101(23)75-87(9)76-102(127)24)128-103(25)77-88(10)78-104(128)26)106-35-37-107(38-36-106)130(111-45-51-115(52-46-111)132(114-33-29-80(2)30-34-114)121-89(11)63-81(3)64-90(121)12)108-39-41-109(42-40-108)131(112-47-57-118(58-48-112)134(123-93(15)67-83(5)68-94(123)16)124-95(17)69-84(6)70-96(124)18)113-49-59-119(60-50-113)135(125-97(19)71-85(7)72-98(125)20)126-99(21)73-86(8)74-100(126)22/h27-78H,1-26H3. The van der Waals surface area contributed by atoms with Crippen molar-refractivity contribution in [2.45, 2.75) is 180 Å². The Kier molecular flexibility index (Phi) is 26.1. The molecule has 0 atom stereocenters. The molecule has 0 radical (unpaired) electrons. The fourth-order valence-electron chi connectivity index (χ4n) is 22.1. The van der Waals surface area contributed by atoms with Crippen LogP contribution < -0.4 is 39.2 Å². The van der Waals surface area contributed by atoms with Crippen LogP contribution in [0.1, 0.15) is 145 Å². The van der Waals surface area contributed by atoms with Crippen molar-refractivity contribution in [1.82, 2.24) is 0 Å². The van der Waals surface area contributed by atoms with Gasteiger partial charge in [0.05, 0.1) is 45.5 Å². The van der Waals surface area contributed by atoms with Crippen molar-refractivity contribution in [2.75, 3.05) is 39.2 Å². The van der Waals surface area contributed by atoms with E-state index in [1.807, 2.05) is 0 Å². The molecule has 0 heterocycles. The van der Waals surface area contributed by atoms with Gasteiger partial charge in [-0.15, -0.1) is 0 Å². The minimum atomic E-state index is 0.997. The lowest BCUT2D eigenvalue weighted by Crippen LogP contribution is -2.17. The Morgan fingerprint density at radius 2 is 0.169 bits per heavy atom. The summed E-state index contributed by atoms with van der Waals surface area (Å²) in [7, 11) is 0. The van der Waals surface area contributed by atoms with Crippen molar-refractivity contribution >= 4 is 136 Å². The van der Waals surface area contributed by atoms with E-state index in [1.54, 1.807) is 0 Å². The smallest absolute Gasteiger partial charge is 0.0520 e. The lowest BCUT2D eigenvalue weighted by molar-refractivity contribution is 1.16. The van der Waals surface area contributed by atoms with Gasteiger partial charge >= 0.3 is 0 Å². The number of hydrogen-bond donors (Lipinski definition) is 0. The second-order valence-corrected chi connectivity index (χ2v) is 38.9. The van der Waals surface area contributed by atoms with Crippen molar-refractivity contribution in [3.8, 4) is 0 Å². The van der Waals surface area contributed by atoms with E-state index in [0.29, 0.717) is 0 Å². The third-order valence-electron chi connectivity index (χ3n) is 27.0. The molecule has 0 spiro atoms. The van der Waals surface area contributed by atoms with Crippen LogP contribution >= 0.6 is 0 Å². The minimum Gasteiger partial charge on any atom is -0.311 e. The van der Waals surface area contributed by atoms with E-state index in [1.165, 1.54) is 184 Å². The zero-order chi connectivity index (χ0) is 96.3. The van der Waals surface area contributed by atoms with E-state index in [2.05, 4.69) is 535 Å². The fraction of sp³-hybridized carbons (Fsp3) is 0.203. The van der Waals surface area contributed by atoms with Gasteiger partial charge in [0.2, 0.25) is 0 Å². The monoisotopic (exact) mass is 1780 g/mol. The molecule has 0 saturated carbocycles. The quantitative estimate of drug-likeness (QED) is 0.0591. The van der Waals surface area contributed by atoms with Gasteiger partial charge in [0.1, 0.15) is 0 Å². The summed E-state index contributed by atoms with van der Waals surface area (Å²) in [6.45, 7) is 57.9. The first-order valence-electron chi connectivity index (χ1n) is 48.0.